The summed E-state index contributed by atoms with van der Waals surface area (Å²) in [5.74, 6) is 0.191. The zero-order valence-electron chi connectivity index (χ0n) is 10.6. The minimum atomic E-state index is 0.191. The third kappa shape index (κ3) is 4.28. The van der Waals surface area contributed by atoms with Gasteiger partial charge in [0.25, 0.3) is 0 Å². The van der Waals surface area contributed by atoms with Crippen molar-refractivity contribution in [3.63, 3.8) is 0 Å². The summed E-state index contributed by atoms with van der Waals surface area (Å²) in [6.45, 7) is 10.2. The van der Waals surface area contributed by atoms with Gasteiger partial charge in [-0.05, 0) is 34.1 Å². The first kappa shape index (κ1) is 13.9. The van der Waals surface area contributed by atoms with E-state index in [2.05, 4.69) is 32.9 Å². The Morgan fingerprint density at radius 1 is 1.27 bits per heavy atom. The molecule has 84 valence electrons. The normalized spacial score (nSPS) is 15.8. The van der Waals surface area contributed by atoms with Gasteiger partial charge in [-0.15, -0.1) is 0 Å². The quantitative estimate of drug-likeness (QED) is 0.387. The van der Waals surface area contributed by atoms with Gasteiger partial charge >= 0.3 is 0 Å². The van der Waals surface area contributed by atoms with Crippen LogP contribution in [0, 0.1) is 11.3 Å². The van der Waals surface area contributed by atoms with E-state index in [1.165, 1.54) is 11.1 Å². The third-order valence-electron chi connectivity index (χ3n) is 2.59. The molecular formula is C14H23N. The average molecular weight is 205 g/mol. The van der Waals surface area contributed by atoms with Crippen LogP contribution in [0.1, 0.15) is 41.0 Å². The van der Waals surface area contributed by atoms with E-state index in [0.29, 0.717) is 0 Å². The van der Waals surface area contributed by atoms with Gasteiger partial charge in [0.15, 0.2) is 0 Å². The average Bonchev–Trinajstić information content (AvgIpc) is 2.21. The van der Waals surface area contributed by atoms with Crippen molar-refractivity contribution in [3.05, 3.63) is 35.5 Å². The zero-order chi connectivity index (χ0) is 11.8. The molecule has 0 rings (SSSR count). The molecule has 0 radical (unpaired) electrons. The fourth-order valence-corrected chi connectivity index (χ4v) is 1.83. The van der Waals surface area contributed by atoms with E-state index in [1.54, 1.807) is 0 Å². The maximum Gasteiger partial charge on any atom is 0.0382 e. The van der Waals surface area contributed by atoms with Crippen molar-refractivity contribution >= 4 is 5.71 Å². The number of hydrogen-bond acceptors (Lipinski definition) is 1. The summed E-state index contributed by atoms with van der Waals surface area (Å²) >= 11 is 0. The molecule has 0 saturated heterocycles. The summed E-state index contributed by atoms with van der Waals surface area (Å²) in [5, 5.41) is 7.85. The monoisotopic (exact) mass is 205 g/mol. The first-order valence-electron chi connectivity index (χ1n) is 5.58. The van der Waals surface area contributed by atoms with E-state index < -0.39 is 0 Å². The predicted octanol–water partition coefficient (Wildman–Crippen LogP) is 4.52. The molecule has 0 heterocycles. The molecule has 0 bridgehead atoms. The molecule has 0 aliphatic heterocycles. The molecule has 0 aromatic rings. The van der Waals surface area contributed by atoms with E-state index >= 15 is 0 Å². The van der Waals surface area contributed by atoms with Gasteiger partial charge in [0, 0.05) is 11.6 Å². The Morgan fingerprint density at radius 2 is 1.87 bits per heavy atom. The highest BCUT2D eigenvalue weighted by Crippen LogP contribution is 2.24. The molecule has 0 aromatic carbocycles. The lowest BCUT2D eigenvalue weighted by Crippen LogP contribution is -2.14. The molecule has 1 heteroatoms. The van der Waals surface area contributed by atoms with Gasteiger partial charge in [-0.25, -0.2) is 0 Å². The Balaban J connectivity index is 5.06. The van der Waals surface area contributed by atoms with E-state index in [4.69, 9.17) is 5.41 Å². The molecule has 0 fully saturated rings. The number of nitrogens with one attached hydrogen (secondary N) is 1. The fourth-order valence-electron chi connectivity index (χ4n) is 1.83. The SMILES string of the molecule is C/C=C\C=C(/C)C(C(C)=N)/C(=C/C)CC. The first-order chi connectivity index (χ1) is 7.08. The molecule has 0 aromatic heterocycles. The van der Waals surface area contributed by atoms with Crippen molar-refractivity contribution in [2.45, 2.75) is 41.0 Å². The van der Waals surface area contributed by atoms with Crippen LogP contribution in [0.2, 0.25) is 0 Å². The van der Waals surface area contributed by atoms with Crippen LogP contribution in [0.5, 0.6) is 0 Å². The third-order valence-corrected chi connectivity index (χ3v) is 2.59. The summed E-state index contributed by atoms with van der Waals surface area (Å²) < 4.78 is 0. The van der Waals surface area contributed by atoms with Crippen LogP contribution in [0.15, 0.2) is 35.5 Å². The Hall–Kier alpha value is -1.11. The second kappa shape index (κ2) is 7.22. The van der Waals surface area contributed by atoms with E-state index in [9.17, 15) is 0 Å². The lowest BCUT2D eigenvalue weighted by atomic mass is 9.86. The van der Waals surface area contributed by atoms with Crippen LogP contribution in [-0.4, -0.2) is 5.71 Å². The van der Waals surface area contributed by atoms with Crippen LogP contribution >= 0.6 is 0 Å². The highest BCUT2D eigenvalue weighted by molar-refractivity contribution is 5.86. The molecule has 0 spiro atoms. The lowest BCUT2D eigenvalue weighted by molar-refractivity contribution is 0.859. The molecular weight excluding hydrogens is 182 g/mol. The molecule has 15 heavy (non-hydrogen) atoms. The molecule has 1 nitrogen and oxygen atoms in total. The molecule has 0 amide bonds. The van der Waals surface area contributed by atoms with Crippen molar-refractivity contribution < 1.29 is 0 Å². The van der Waals surface area contributed by atoms with Crippen LogP contribution in [-0.2, 0) is 0 Å². The molecule has 1 N–H and O–H groups in total. The minimum absolute atomic E-state index is 0.191. The first-order valence-corrected chi connectivity index (χ1v) is 5.58. The Kier molecular flexibility index (Phi) is 6.68. The van der Waals surface area contributed by atoms with E-state index in [0.717, 1.165) is 12.1 Å². The largest absolute Gasteiger partial charge is 0.309 e. The number of hydrogen-bond donors (Lipinski definition) is 1. The molecule has 0 aliphatic rings. The van der Waals surface area contributed by atoms with Crippen molar-refractivity contribution in [1.29, 1.82) is 5.41 Å². The maximum atomic E-state index is 7.85. The van der Waals surface area contributed by atoms with Crippen LogP contribution in [0.3, 0.4) is 0 Å². The molecule has 1 unspecified atom stereocenters. The maximum absolute atomic E-state index is 7.85. The Bertz CT molecular complexity index is 292. The summed E-state index contributed by atoms with van der Waals surface area (Å²) in [7, 11) is 0. The van der Waals surface area contributed by atoms with Gasteiger partial charge in [-0.1, -0.05) is 42.4 Å². The van der Waals surface area contributed by atoms with Crippen molar-refractivity contribution in [3.8, 4) is 0 Å². The van der Waals surface area contributed by atoms with Crippen molar-refractivity contribution in [2.75, 3.05) is 0 Å². The highest BCUT2D eigenvalue weighted by Gasteiger charge is 2.15. The smallest absolute Gasteiger partial charge is 0.0382 e. The minimum Gasteiger partial charge on any atom is -0.309 e. The van der Waals surface area contributed by atoms with Gasteiger partial charge in [-0.3, -0.25) is 0 Å². The molecule has 1 atom stereocenters. The van der Waals surface area contributed by atoms with Crippen LogP contribution < -0.4 is 0 Å². The second-order valence-electron chi connectivity index (χ2n) is 3.77. The van der Waals surface area contributed by atoms with Crippen molar-refractivity contribution in [2.24, 2.45) is 5.92 Å². The van der Waals surface area contributed by atoms with Gasteiger partial charge in [0.1, 0.15) is 0 Å². The van der Waals surface area contributed by atoms with E-state index in [-0.39, 0.29) is 5.92 Å². The zero-order valence-corrected chi connectivity index (χ0v) is 10.6. The highest BCUT2D eigenvalue weighted by atomic mass is 14.4. The number of allylic oxidation sites excluding steroid dienone is 6. The Labute approximate surface area is 94.1 Å². The van der Waals surface area contributed by atoms with E-state index in [1.807, 2.05) is 26.0 Å². The van der Waals surface area contributed by atoms with Gasteiger partial charge in [0.05, 0.1) is 0 Å². The van der Waals surface area contributed by atoms with Gasteiger partial charge < -0.3 is 5.41 Å². The van der Waals surface area contributed by atoms with Crippen LogP contribution in [0.4, 0.5) is 0 Å². The fraction of sp³-hybridized carbons (Fsp3) is 0.500. The molecule has 0 saturated carbocycles. The number of rotatable bonds is 5. The summed E-state index contributed by atoms with van der Waals surface area (Å²) in [4.78, 5) is 0. The van der Waals surface area contributed by atoms with Crippen molar-refractivity contribution in [1.82, 2.24) is 0 Å². The van der Waals surface area contributed by atoms with Gasteiger partial charge in [0.2, 0.25) is 0 Å². The van der Waals surface area contributed by atoms with Crippen LogP contribution in [0.25, 0.3) is 0 Å². The topological polar surface area (TPSA) is 23.9 Å². The summed E-state index contributed by atoms with van der Waals surface area (Å²) in [5.41, 5.74) is 3.31. The lowest BCUT2D eigenvalue weighted by Gasteiger charge is -2.19. The van der Waals surface area contributed by atoms with Gasteiger partial charge in [-0.2, -0.15) is 0 Å². The summed E-state index contributed by atoms with van der Waals surface area (Å²) in [6.07, 6.45) is 9.30. The standard InChI is InChI=1S/C14H23N/c1-6-9-10-11(4)14(12(5)15)13(7-2)8-3/h6-7,9-10,14-15H,8H2,1-5H3/b9-6-,11-10+,13-7+,15-12?. The Morgan fingerprint density at radius 3 is 2.20 bits per heavy atom. The molecule has 0 aliphatic carbocycles. The second-order valence-corrected chi connectivity index (χ2v) is 3.77. The predicted molar refractivity (Wildman–Crippen MR) is 69.5 cm³/mol. The summed E-state index contributed by atoms with van der Waals surface area (Å²) in [6, 6.07) is 0.